The number of rotatable bonds is 3. The minimum absolute atomic E-state index is 0.671. The predicted octanol–water partition coefficient (Wildman–Crippen LogP) is 3.17. The van der Waals surface area contributed by atoms with Crippen molar-refractivity contribution < 1.29 is 0 Å². The van der Waals surface area contributed by atoms with Gasteiger partial charge in [0.1, 0.15) is 11.0 Å². The lowest BCUT2D eigenvalue weighted by Gasteiger charge is -2.06. The van der Waals surface area contributed by atoms with Crippen molar-refractivity contribution in [3.8, 4) is 11.8 Å². The van der Waals surface area contributed by atoms with Crippen LogP contribution in [0.2, 0.25) is 5.02 Å². The Balaban J connectivity index is 2.23. The average Bonchev–Trinajstić information content (AvgIpc) is 2.75. The summed E-state index contributed by atoms with van der Waals surface area (Å²) in [5, 5.41) is 3.92. The van der Waals surface area contributed by atoms with Crippen LogP contribution in [0.15, 0.2) is 12.1 Å². The Hall–Kier alpha value is -1.31. The lowest BCUT2D eigenvalue weighted by Crippen LogP contribution is -2.01. The smallest absolute Gasteiger partial charge is 0.129 e. The first-order chi connectivity index (χ1) is 7.83. The summed E-state index contributed by atoms with van der Waals surface area (Å²) in [6.45, 7) is 2.59. The molecule has 0 aliphatic heterocycles. The largest absolute Gasteiger partial charge is 0.381 e. The first-order valence-electron chi connectivity index (χ1n) is 4.87. The predicted molar refractivity (Wildman–Crippen MR) is 69.0 cm³/mol. The highest BCUT2D eigenvalue weighted by Crippen LogP contribution is 2.29. The fourth-order valence-corrected chi connectivity index (χ4v) is 2.13. The van der Waals surface area contributed by atoms with Crippen molar-refractivity contribution in [3.63, 3.8) is 0 Å². The second-order valence-electron chi connectivity index (χ2n) is 3.16. The Kier molecular flexibility index (Phi) is 3.60. The maximum Gasteiger partial charge on any atom is 0.129 e. The van der Waals surface area contributed by atoms with Gasteiger partial charge in [-0.25, -0.2) is 0 Å². The Morgan fingerprint density at radius 1 is 1.44 bits per heavy atom. The molecule has 3 nitrogen and oxygen atoms in total. The van der Waals surface area contributed by atoms with Gasteiger partial charge in [-0.1, -0.05) is 11.6 Å². The molecule has 0 radical (unpaired) electrons. The molecule has 1 heterocycles. The molecule has 0 amide bonds. The van der Waals surface area contributed by atoms with Crippen molar-refractivity contribution in [1.29, 1.82) is 0 Å². The molecule has 82 valence electrons. The van der Waals surface area contributed by atoms with E-state index in [1.165, 1.54) is 11.7 Å². The molecule has 0 atom stereocenters. The summed E-state index contributed by atoms with van der Waals surface area (Å²) in [5.41, 5.74) is 2.56. The van der Waals surface area contributed by atoms with Crippen molar-refractivity contribution in [2.45, 2.75) is 13.3 Å². The zero-order chi connectivity index (χ0) is 11.4. The lowest BCUT2D eigenvalue weighted by molar-refractivity contribution is 1.10. The molecule has 1 aromatic carbocycles. The van der Waals surface area contributed by atoms with Gasteiger partial charge < -0.3 is 5.32 Å². The van der Waals surface area contributed by atoms with Crippen molar-refractivity contribution in [2.24, 2.45) is 0 Å². The highest BCUT2D eigenvalue weighted by molar-refractivity contribution is 7.00. The van der Waals surface area contributed by atoms with Crippen molar-refractivity contribution in [3.05, 3.63) is 17.2 Å². The molecule has 0 aliphatic carbocycles. The third-order valence-corrected chi connectivity index (χ3v) is 2.96. The average molecular weight is 252 g/mol. The van der Waals surface area contributed by atoms with Gasteiger partial charge >= 0.3 is 0 Å². The SMILES string of the molecule is CC#CCCNc1c(Cl)ccc2nsnc12. The van der Waals surface area contributed by atoms with E-state index in [1.54, 1.807) is 0 Å². The van der Waals surface area contributed by atoms with Crippen LogP contribution in [0.25, 0.3) is 11.0 Å². The first-order valence-corrected chi connectivity index (χ1v) is 5.98. The lowest BCUT2D eigenvalue weighted by atomic mass is 10.2. The molecule has 0 fully saturated rings. The molecule has 2 rings (SSSR count). The number of nitrogens with zero attached hydrogens (tertiary/aromatic N) is 2. The molecule has 0 bridgehead atoms. The highest BCUT2D eigenvalue weighted by Gasteiger charge is 2.08. The molecular formula is C11H10ClN3S. The van der Waals surface area contributed by atoms with Crippen LogP contribution in [0.4, 0.5) is 5.69 Å². The minimum Gasteiger partial charge on any atom is -0.381 e. The number of hydrogen-bond donors (Lipinski definition) is 1. The fourth-order valence-electron chi connectivity index (χ4n) is 1.37. The molecule has 16 heavy (non-hydrogen) atoms. The van der Waals surface area contributed by atoms with E-state index in [-0.39, 0.29) is 0 Å². The van der Waals surface area contributed by atoms with E-state index in [1.807, 2.05) is 19.1 Å². The summed E-state index contributed by atoms with van der Waals surface area (Å²) >= 11 is 7.30. The molecule has 0 spiro atoms. The third kappa shape index (κ3) is 2.26. The molecule has 5 heteroatoms. The van der Waals surface area contributed by atoms with Crippen molar-refractivity contribution >= 4 is 40.0 Å². The van der Waals surface area contributed by atoms with E-state index in [2.05, 4.69) is 25.9 Å². The van der Waals surface area contributed by atoms with E-state index >= 15 is 0 Å². The molecule has 0 saturated heterocycles. The van der Waals surface area contributed by atoms with Crippen LogP contribution in [-0.2, 0) is 0 Å². The quantitative estimate of drug-likeness (QED) is 0.673. The third-order valence-electron chi connectivity index (χ3n) is 2.11. The first kappa shape index (κ1) is 11.2. The number of nitrogens with one attached hydrogen (secondary N) is 1. The van der Waals surface area contributed by atoms with E-state index in [9.17, 15) is 0 Å². The Morgan fingerprint density at radius 2 is 2.31 bits per heavy atom. The highest BCUT2D eigenvalue weighted by atomic mass is 35.5. The van der Waals surface area contributed by atoms with Crippen LogP contribution in [0.5, 0.6) is 0 Å². The fraction of sp³-hybridized carbons (Fsp3) is 0.273. The standard InChI is InChI=1S/C11H10ClN3S/c1-2-3-4-7-13-10-8(12)5-6-9-11(10)15-16-14-9/h5-6,13H,4,7H2,1H3. The van der Waals surface area contributed by atoms with Crippen LogP contribution in [-0.4, -0.2) is 15.3 Å². The Labute approximate surface area is 103 Å². The second-order valence-corrected chi connectivity index (χ2v) is 4.09. The molecular weight excluding hydrogens is 242 g/mol. The van der Waals surface area contributed by atoms with Gasteiger partial charge in [0.15, 0.2) is 0 Å². The van der Waals surface area contributed by atoms with Gasteiger partial charge in [-0.15, -0.1) is 11.8 Å². The van der Waals surface area contributed by atoms with Gasteiger partial charge in [-0.3, -0.25) is 0 Å². The van der Waals surface area contributed by atoms with Crippen molar-refractivity contribution in [1.82, 2.24) is 8.75 Å². The van der Waals surface area contributed by atoms with Gasteiger partial charge in [-0.2, -0.15) is 8.75 Å². The van der Waals surface area contributed by atoms with Crippen LogP contribution >= 0.6 is 23.3 Å². The molecule has 0 aliphatic rings. The van der Waals surface area contributed by atoms with Gasteiger partial charge in [0.25, 0.3) is 0 Å². The van der Waals surface area contributed by atoms with E-state index in [0.29, 0.717) is 5.02 Å². The maximum atomic E-state index is 6.11. The zero-order valence-electron chi connectivity index (χ0n) is 8.75. The summed E-state index contributed by atoms with van der Waals surface area (Å²) in [6, 6.07) is 3.71. The normalized spacial score (nSPS) is 9.88. The van der Waals surface area contributed by atoms with Crippen LogP contribution in [0, 0.1) is 11.8 Å². The van der Waals surface area contributed by atoms with E-state index < -0.39 is 0 Å². The van der Waals surface area contributed by atoms with Crippen LogP contribution in [0.3, 0.4) is 0 Å². The molecule has 1 aromatic heterocycles. The van der Waals surface area contributed by atoms with Gasteiger partial charge in [0.2, 0.25) is 0 Å². The number of hydrogen-bond acceptors (Lipinski definition) is 4. The monoisotopic (exact) mass is 251 g/mol. The molecule has 0 unspecified atom stereocenters. The number of fused-ring (bicyclic) bond motifs is 1. The Bertz CT molecular complexity index is 553. The zero-order valence-corrected chi connectivity index (χ0v) is 10.3. The number of benzene rings is 1. The van der Waals surface area contributed by atoms with Crippen molar-refractivity contribution in [2.75, 3.05) is 11.9 Å². The van der Waals surface area contributed by atoms with E-state index in [0.717, 1.165) is 29.7 Å². The van der Waals surface area contributed by atoms with Gasteiger partial charge in [-0.05, 0) is 19.1 Å². The molecule has 0 saturated carbocycles. The Morgan fingerprint density at radius 3 is 3.12 bits per heavy atom. The summed E-state index contributed by atoms with van der Waals surface area (Å²) in [4.78, 5) is 0. The van der Waals surface area contributed by atoms with Crippen LogP contribution < -0.4 is 5.32 Å². The minimum atomic E-state index is 0.671. The van der Waals surface area contributed by atoms with E-state index in [4.69, 9.17) is 11.6 Å². The summed E-state index contributed by atoms with van der Waals surface area (Å²) in [6.07, 6.45) is 0.792. The summed E-state index contributed by atoms with van der Waals surface area (Å²) in [7, 11) is 0. The number of aromatic nitrogens is 2. The maximum absolute atomic E-state index is 6.11. The summed E-state index contributed by atoms with van der Waals surface area (Å²) in [5.74, 6) is 5.84. The van der Waals surface area contributed by atoms with Crippen LogP contribution in [0.1, 0.15) is 13.3 Å². The van der Waals surface area contributed by atoms with Gasteiger partial charge in [0.05, 0.1) is 22.4 Å². The molecule has 2 aromatic rings. The molecule has 1 N–H and O–H groups in total. The topological polar surface area (TPSA) is 37.8 Å². The second kappa shape index (κ2) is 5.15. The summed E-state index contributed by atoms with van der Waals surface area (Å²) < 4.78 is 8.39. The number of halogens is 1. The number of anilines is 1. The van der Waals surface area contributed by atoms with Gasteiger partial charge in [0, 0.05) is 13.0 Å².